The first-order valence-corrected chi connectivity index (χ1v) is 7.91. The van der Waals surface area contributed by atoms with E-state index < -0.39 is 5.54 Å². The lowest BCUT2D eigenvalue weighted by Gasteiger charge is -2.32. The molecule has 1 atom stereocenters. The predicted molar refractivity (Wildman–Crippen MR) is 91.5 cm³/mol. The van der Waals surface area contributed by atoms with E-state index in [4.69, 9.17) is 15.2 Å². The van der Waals surface area contributed by atoms with Gasteiger partial charge in [-0.1, -0.05) is 26.0 Å². The first-order valence-electron chi connectivity index (χ1n) is 7.91. The second-order valence-electron chi connectivity index (χ2n) is 6.65. The number of methoxy groups -OCH3 is 1. The van der Waals surface area contributed by atoms with E-state index in [1.807, 2.05) is 31.2 Å². The molecule has 0 saturated heterocycles. The summed E-state index contributed by atoms with van der Waals surface area (Å²) in [6.45, 7) is 6.83. The zero-order valence-electron chi connectivity index (χ0n) is 14.3. The highest BCUT2D eigenvalue weighted by atomic mass is 16.5. The molecule has 1 unspecified atom stereocenters. The summed E-state index contributed by atoms with van der Waals surface area (Å²) in [5.41, 5.74) is 6.89. The Kier molecular flexibility index (Phi) is 5.31. The number of amides is 1. The van der Waals surface area contributed by atoms with Crippen LogP contribution in [-0.2, 0) is 4.79 Å². The van der Waals surface area contributed by atoms with Crippen molar-refractivity contribution in [2.75, 3.05) is 20.3 Å². The molecule has 1 aromatic rings. The van der Waals surface area contributed by atoms with Crippen LogP contribution >= 0.6 is 0 Å². The van der Waals surface area contributed by atoms with Crippen molar-refractivity contribution in [3.63, 3.8) is 0 Å². The molecule has 1 aliphatic heterocycles. The van der Waals surface area contributed by atoms with Crippen LogP contribution in [0.15, 0.2) is 23.8 Å². The van der Waals surface area contributed by atoms with Crippen molar-refractivity contribution < 1.29 is 14.3 Å². The number of para-hydroxylation sites is 1. The number of hydrogen-bond acceptors (Lipinski definition) is 4. The Hall–Kier alpha value is -2.01. The quantitative estimate of drug-likeness (QED) is 0.844. The van der Waals surface area contributed by atoms with Crippen molar-refractivity contribution in [2.24, 2.45) is 11.7 Å². The third kappa shape index (κ3) is 4.05. The van der Waals surface area contributed by atoms with Crippen molar-refractivity contribution in [2.45, 2.75) is 32.7 Å². The van der Waals surface area contributed by atoms with E-state index in [1.54, 1.807) is 7.11 Å². The van der Waals surface area contributed by atoms with Crippen LogP contribution in [0.5, 0.6) is 11.5 Å². The highest BCUT2D eigenvalue weighted by Gasteiger charge is 2.28. The van der Waals surface area contributed by atoms with E-state index in [9.17, 15) is 4.79 Å². The molecule has 1 amide bonds. The molecule has 0 aliphatic carbocycles. The number of nitrogens with one attached hydrogen (secondary N) is 1. The number of nitrogens with two attached hydrogens (primary N) is 1. The van der Waals surface area contributed by atoms with Gasteiger partial charge in [-0.05, 0) is 31.4 Å². The number of carbonyl (C=O) groups is 1. The number of benzene rings is 1. The van der Waals surface area contributed by atoms with Crippen LogP contribution < -0.4 is 20.5 Å². The minimum absolute atomic E-state index is 0.132. The van der Waals surface area contributed by atoms with Crippen LogP contribution in [-0.4, -0.2) is 31.7 Å². The van der Waals surface area contributed by atoms with E-state index in [1.165, 1.54) is 0 Å². The normalized spacial score (nSPS) is 16.0. The van der Waals surface area contributed by atoms with Crippen molar-refractivity contribution in [3.05, 3.63) is 29.3 Å². The number of fused-ring (bicyclic) bond motifs is 1. The fourth-order valence-electron chi connectivity index (χ4n) is 2.91. The molecule has 0 saturated carbocycles. The zero-order valence-corrected chi connectivity index (χ0v) is 14.3. The summed E-state index contributed by atoms with van der Waals surface area (Å²) in [6.07, 6.45) is 2.68. The average molecular weight is 318 g/mol. The SMILES string of the molecule is COc1cccc2c1OCC(C(=O)NC(C)(CN)CC(C)C)=C2. The van der Waals surface area contributed by atoms with Gasteiger partial charge in [-0.15, -0.1) is 0 Å². The Morgan fingerprint density at radius 2 is 2.22 bits per heavy atom. The molecule has 3 N–H and O–H groups in total. The van der Waals surface area contributed by atoms with Crippen molar-refractivity contribution in [3.8, 4) is 11.5 Å². The molecule has 1 heterocycles. The van der Waals surface area contributed by atoms with Crippen LogP contribution in [0.25, 0.3) is 6.08 Å². The lowest BCUT2D eigenvalue weighted by Crippen LogP contribution is -2.52. The third-order valence-electron chi connectivity index (χ3n) is 3.95. The first-order chi connectivity index (χ1) is 10.9. The summed E-state index contributed by atoms with van der Waals surface area (Å²) in [5.74, 6) is 1.66. The number of carbonyl (C=O) groups excluding carboxylic acids is 1. The van der Waals surface area contributed by atoms with Gasteiger partial charge in [-0.25, -0.2) is 0 Å². The number of ether oxygens (including phenoxy) is 2. The average Bonchev–Trinajstić information content (AvgIpc) is 2.52. The van der Waals surface area contributed by atoms with E-state index in [0.29, 0.717) is 29.5 Å². The van der Waals surface area contributed by atoms with Gasteiger partial charge in [0.1, 0.15) is 6.61 Å². The predicted octanol–water partition coefficient (Wildman–Crippen LogP) is 2.35. The molecule has 5 nitrogen and oxygen atoms in total. The molecular weight excluding hydrogens is 292 g/mol. The van der Waals surface area contributed by atoms with E-state index >= 15 is 0 Å². The Morgan fingerprint density at radius 3 is 2.83 bits per heavy atom. The molecule has 0 radical (unpaired) electrons. The topological polar surface area (TPSA) is 73.6 Å². The Morgan fingerprint density at radius 1 is 1.48 bits per heavy atom. The van der Waals surface area contributed by atoms with Crippen LogP contribution in [0.3, 0.4) is 0 Å². The molecule has 5 heteroatoms. The summed E-state index contributed by atoms with van der Waals surface area (Å²) < 4.78 is 11.0. The fraction of sp³-hybridized carbons (Fsp3) is 0.500. The molecule has 1 aromatic carbocycles. The van der Waals surface area contributed by atoms with Crippen molar-refractivity contribution in [1.29, 1.82) is 0 Å². The summed E-state index contributed by atoms with van der Waals surface area (Å²) in [5, 5.41) is 3.06. The molecule has 0 spiro atoms. The molecule has 0 bridgehead atoms. The minimum Gasteiger partial charge on any atom is -0.493 e. The highest BCUT2D eigenvalue weighted by Crippen LogP contribution is 2.35. The van der Waals surface area contributed by atoms with Crippen LogP contribution in [0.4, 0.5) is 0 Å². The first kappa shape index (κ1) is 17.3. The molecule has 1 aliphatic rings. The Labute approximate surface area is 137 Å². The molecule has 2 rings (SSSR count). The van der Waals surface area contributed by atoms with Gasteiger partial charge < -0.3 is 20.5 Å². The maximum absolute atomic E-state index is 12.6. The maximum atomic E-state index is 12.6. The number of hydrogen-bond donors (Lipinski definition) is 2. The maximum Gasteiger partial charge on any atom is 0.251 e. The molecule has 0 aromatic heterocycles. The van der Waals surface area contributed by atoms with Crippen LogP contribution in [0.2, 0.25) is 0 Å². The standard InChI is InChI=1S/C18H26N2O3/c1-12(2)9-18(3,11-19)20-17(21)14-8-13-6-5-7-15(22-4)16(13)23-10-14/h5-8,12H,9-11,19H2,1-4H3,(H,20,21). The van der Waals surface area contributed by atoms with Gasteiger partial charge >= 0.3 is 0 Å². The third-order valence-corrected chi connectivity index (χ3v) is 3.95. The van der Waals surface area contributed by atoms with E-state index in [-0.39, 0.29) is 12.5 Å². The Bertz CT molecular complexity index is 610. The summed E-state index contributed by atoms with van der Waals surface area (Å²) in [6, 6.07) is 5.62. The largest absolute Gasteiger partial charge is 0.493 e. The zero-order chi connectivity index (χ0) is 17.0. The second kappa shape index (κ2) is 7.04. The molecule has 0 fully saturated rings. The van der Waals surface area contributed by atoms with Crippen molar-refractivity contribution in [1.82, 2.24) is 5.32 Å². The molecule has 126 valence electrons. The minimum atomic E-state index is -0.416. The van der Waals surface area contributed by atoms with Crippen LogP contribution in [0, 0.1) is 5.92 Å². The summed E-state index contributed by atoms with van der Waals surface area (Å²) in [4.78, 5) is 12.6. The van der Waals surface area contributed by atoms with E-state index in [0.717, 1.165) is 12.0 Å². The monoisotopic (exact) mass is 318 g/mol. The van der Waals surface area contributed by atoms with Gasteiger partial charge in [0, 0.05) is 17.6 Å². The van der Waals surface area contributed by atoms with Crippen molar-refractivity contribution >= 4 is 12.0 Å². The molecular formula is C18H26N2O3. The van der Waals surface area contributed by atoms with Gasteiger partial charge in [0.2, 0.25) is 0 Å². The highest BCUT2D eigenvalue weighted by molar-refractivity contribution is 5.99. The van der Waals surface area contributed by atoms with Gasteiger partial charge in [0.05, 0.1) is 12.7 Å². The smallest absolute Gasteiger partial charge is 0.251 e. The Balaban J connectivity index is 2.19. The van der Waals surface area contributed by atoms with Gasteiger partial charge in [0.25, 0.3) is 5.91 Å². The number of rotatable bonds is 6. The lowest BCUT2D eigenvalue weighted by atomic mass is 9.90. The second-order valence-corrected chi connectivity index (χ2v) is 6.65. The van der Waals surface area contributed by atoms with E-state index in [2.05, 4.69) is 19.2 Å². The lowest BCUT2D eigenvalue weighted by molar-refractivity contribution is -0.119. The molecule has 23 heavy (non-hydrogen) atoms. The summed E-state index contributed by atoms with van der Waals surface area (Å²) in [7, 11) is 1.60. The summed E-state index contributed by atoms with van der Waals surface area (Å²) >= 11 is 0. The fourth-order valence-corrected chi connectivity index (χ4v) is 2.91. The van der Waals surface area contributed by atoms with Gasteiger partial charge in [-0.2, -0.15) is 0 Å². The van der Waals surface area contributed by atoms with Crippen LogP contribution in [0.1, 0.15) is 32.8 Å². The van der Waals surface area contributed by atoms with Gasteiger partial charge in [-0.3, -0.25) is 4.79 Å². The van der Waals surface area contributed by atoms with Gasteiger partial charge in [0.15, 0.2) is 11.5 Å².